The molecule has 1 atom stereocenters. The summed E-state index contributed by atoms with van der Waals surface area (Å²) in [5.74, 6) is 0.851. The highest BCUT2D eigenvalue weighted by atomic mass is 16.2. The van der Waals surface area contributed by atoms with E-state index in [9.17, 15) is 9.59 Å². The van der Waals surface area contributed by atoms with Crippen molar-refractivity contribution in [3.05, 3.63) is 23.8 Å². The largest absolute Gasteiger partial charge is 0.377 e. The van der Waals surface area contributed by atoms with E-state index in [-0.39, 0.29) is 29.2 Å². The molecular weight excluding hydrogens is 362 g/mol. The number of nitrogens with zero attached hydrogens (tertiary/aromatic N) is 2. The van der Waals surface area contributed by atoms with Gasteiger partial charge in [-0.15, -0.1) is 0 Å². The van der Waals surface area contributed by atoms with Crippen LogP contribution < -0.4 is 10.2 Å². The van der Waals surface area contributed by atoms with Crippen molar-refractivity contribution in [3.63, 3.8) is 0 Å². The average Bonchev–Trinajstić information content (AvgIpc) is 3.41. The monoisotopic (exact) mass is 401 g/mol. The number of carbonyl (C=O) groups is 2. The summed E-state index contributed by atoms with van der Waals surface area (Å²) in [6.07, 6.45) is 2.47. The Labute approximate surface area is 176 Å². The molecule has 2 rings (SSSR count). The standard InChI is InChI=1S/C24H39N3O2/c1-16(2)17(3)27(23(29)18-9-10-18)15-19-13-20(11-12-21(19)26(7)8)25-22(28)14-24(4,5)6/h11-13,16-18H,9-10,14-15H2,1-8H3,(H,25,28)/t17-/m0/s1. The van der Waals surface area contributed by atoms with Crippen LogP contribution in [0.4, 0.5) is 11.4 Å². The van der Waals surface area contributed by atoms with Gasteiger partial charge in [-0.3, -0.25) is 9.59 Å². The van der Waals surface area contributed by atoms with E-state index in [0.717, 1.165) is 29.8 Å². The zero-order valence-electron chi connectivity index (χ0n) is 19.5. The van der Waals surface area contributed by atoms with Gasteiger partial charge in [0.1, 0.15) is 0 Å². The Morgan fingerprint density at radius 3 is 2.24 bits per heavy atom. The number of anilines is 2. The first-order valence-electron chi connectivity index (χ1n) is 10.8. The summed E-state index contributed by atoms with van der Waals surface area (Å²) in [6, 6.07) is 6.16. The Kier molecular flexibility index (Phi) is 7.36. The van der Waals surface area contributed by atoms with Crippen LogP contribution in [-0.2, 0) is 16.1 Å². The minimum absolute atomic E-state index is 0.0162. The Bertz CT molecular complexity index is 730. The quantitative estimate of drug-likeness (QED) is 0.673. The Morgan fingerprint density at radius 1 is 1.14 bits per heavy atom. The maximum Gasteiger partial charge on any atom is 0.226 e. The molecule has 1 aliphatic carbocycles. The van der Waals surface area contributed by atoms with Crippen molar-refractivity contribution in [2.45, 2.75) is 73.4 Å². The van der Waals surface area contributed by atoms with Gasteiger partial charge in [0.15, 0.2) is 0 Å². The van der Waals surface area contributed by atoms with E-state index in [2.05, 4.69) is 51.8 Å². The van der Waals surface area contributed by atoms with E-state index < -0.39 is 0 Å². The molecule has 162 valence electrons. The fourth-order valence-corrected chi connectivity index (χ4v) is 3.44. The summed E-state index contributed by atoms with van der Waals surface area (Å²) in [6.45, 7) is 13.2. The fourth-order valence-electron chi connectivity index (χ4n) is 3.44. The van der Waals surface area contributed by atoms with Gasteiger partial charge < -0.3 is 15.1 Å². The van der Waals surface area contributed by atoms with Gasteiger partial charge >= 0.3 is 0 Å². The second kappa shape index (κ2) is 9.19. The first-order valence-corrected chi connectivity index (χ1v) is 10.8. The van der Waals surface area contributed by atoms with Gasteiger partial charge in [-0.1, -0.05) is 34.6 Å². The topological polar surface area (TPSA) is 52.7 Å². The van der Waals surface area contributed by atoms with Crippen molar-refractivity contribution in [1.82, 2.24) is 4.90 Å². The van der Waals surface area contributed by atoms with Gasteiger partial charge in [-0.2, -0.15) is 0 Å². The lowest BCUT2D eigenvalue weighted by atomic mass is 9.92. The molecule has 0 saturated heterocycles. The van der Waals surface area contributed by atoms with Gasteiger partial charge in [0, 0.05) is 50.4 Å². The van der Waals surface area contributed by atoms with E-state index in [1.54, 1.807) is 0 Å². The van der Waals surface area contributed by atoms with Crippen LogP contribution in [0.1, 0.15) is 66.4 Å². The van der Waals surface area contributed by atoms with Gasteiger partial charge in [0.25, 0.3) is 0 Å². The van der Waals surface area contributed by atoms with Crippen molar-refractivity contribution in [2.24, 2.45) is 17.3 Å². The number of amides is 2. The van der Waals surface area contributed by atoms with Gasteiger partial charge in [-0.25, -0.2) is 0 Å². The minimum atomic E-state index is -0.0589. The molecule has 1 saturated carbocycles. The highest BCUT2D eigenvalue weighted by Gasteiger charge is 2.36. The van der Waals surface area contributed by atoms with Crippen molar-refractivity contribution in [2.75, 3.05) is 24.3 Å². The van der Waals surface area contributed by atoms with Crippen molar-refractivity contribution in [3.8, 4) is 0 Å². The zero-order valence-corrected chi connectivity index (χ0v) is 19.5. The zero-order chi connectivity index (χ0) is 21.9. The molecule has 0 aliphatic heterocycles. The maximum atomic E-state index is 13.0. The van der Waals surface area contributed by atoms with Gasteiger partial charge in [0.05, 0.1) is 0 Å². The van der Waals surface area contributed by atoms with Crippen molar-refractivity contribution in [1.29, 1.82) is 0 Å². The van der Waals surface area contributed by atoms with Crippen LogP contribution in [0.5, 0.6) is 0 Å². The summed E-state index contributed by atoms with van der Waals surface area (Å²) < 4.78 is 0. The van der Waals surface area contributed by atoms with Gasteiger partial charge in [0.2, 0.25) is 11.8 Å². The molecule has 0 spiro atoms. The molecule has 1 aromatic rings. The first-order chi connectivity index (χ1) is 13.4. The molecule has 0 unspecified atom stereocenters. The number of hydrogen-bond acceptors (Lipinski definition) is 3. The summed E-state index contributed by atoms with van der Waals surface area (Å²) in [7, 11) is 4.02. The molecule has 0 bridgehead atoms. The molecule has 1 aromatic carbocycles. The number of nitrogens with one attached hydrogen (secondary N) is 1. The van der Waals surface area contributed by atoms with Crippen LogP contribution in [-0.4, -0.2) is 36.9 Å². The molecule has 1 aliphatic rings. The third kappa shape index (κ3) is 6.76. The molecule has 5 nitrogen and oxygen atoms in total. The van der Waals surface area contributed by atoms with Crippen molar-refractivity contribution >= 4 is 23.2 Å². The second-order valence-electron chi connectivity index (χ2n) is 10.2. The van der Waals surface area contributed by atoms with Crippen molar-refractivity contribution < 1.29 is 9.59 Å². The van der Waals surface area contributed by atoms with E-state index in [1.165, 1.54) is 0 Å². The fraction of sp³-hybridized carbons (Fsp3) is 0.667. The van der Waals surface area contributed by atoms with E-state index in [0.29, 0.717) is 18.9 Å². The third-order valence-corrected chi connectivity index (χ3v) is 5.54. The SMILES string of the molecule is CC(C)[C@H](C)N(Cc1cc(NC(=O)CC(C)(C)C)ccc1N(C)C)C(=O)C1CC1. The van der Waals surface area contributed by atoms with Gasteiger partial charge in [-0.05, 0) is 54.9 Å². The number of benzene rings is 1. The third-order valence-electron chi connectivity index (χ3n) is 5.54. The molecule has 1 N–H and O–H groups in total. The highest BCUT2D eigenvalue weighted by Crippen LogP contribution is 2.34. The summed E-state index contributed by atoms with van der Waals surface area (Å²) in [5.41, 5.74) is 2.86. The van der Waals surface area contributed by atoms with Crippen LogP contribution in [0.3, 0.4) is 0 Å². The molecule has 0 heterocycles. The van der Waals surface area contributed by atoms with E-state index >= 15 is 0 Å². The lowest BCUT2D eigenvalue weighted by Crippen LogP contribution is -2.42. The number of carbonyl (C=O) groups excluding carboxylic acids is 2. The van der Waals surface area contributed by atoms with Crippen LogP contribution in [0, 0.1) is 17.3 Å². The van der Waals surface area contributed by atoms with Crippen LogP contribution >= 0.6 is 0 Å². The maximum absolute atomic E-state index is 13.0. The predicted octanol–water partition coefficient (Wildman–Crippen LogP) is 4.91. The summed E-state index contributed by atoms with van der Waals surface area (Å²) in [4.78, 5) is 29.5. The molecule has 29 heavy (non-hydrogen) atoms. The normalized spacial score (nSPS) is 15.2. The number of hydrogen-bond donors (Lipinski definition) is 1. The highest BCUT2D eigenvalue weighted by molar-refractivity contribution is 5.91. The second-order valence-corrected chi connectivity index (χ2v) is 10.2. The first kappa shape index (κ1) is 23.2. The minimum Gasteiger partial charge on any atom is -0.377 e. The molecule has 0 radical (unpaired) electrons. The number of rotatable bonds is 8. The average molecular weight is 402 g/mol. The molecular formula is C24H39N3O2. The smallest absolute Gasteiger partial charge is 0.226 e. The summed E-state index contributed by atoms with van der Waals surface area (Å²) >= 11 is 0. The molecule has 5 heteroatoms. The van der Waals surface area contributed by atoms with E-state index in [1.807, 2.05) is 37.2 Å². The Morgan fingerprint density at radius 2 is 1.76 bits per heavy atom. The van der Waals surface area contributed by atoms with Crippen LogP contribution in [0.25, 0.3) is 0 Å². The van der Waals surface area contributed by atoms with Crippen LogP contribution in [0.15, 0.2) is 18.2 Å². The Hall–Kier alpha value is -2.04. The predicted molar refractivity (Wildman–Crippen MR) is 121 cm³/mol. The molecule has 2 amide bonds. The summed E-state index contributed by atoms with van der Waals surface area (Å²) in [5, 5.41) is 3.03. The Balaban J connectivity index is 2.29. The molecule has 0 aromatic heterocycles. The van der Waals surface area contributed by atoms with Crippen LogP contribution in [0.2, 0.25) is 0 Å². The lowest BCUT2D eigenvalue weighted by Gasteiger charge is -2.33. The molecule has 1 fully saturated rings. The lowest BCUT2D eigenvalue weighted by molar-refractivity contribution is -0.136. The van der Waals surface area contributed by atoms with E-state index in [4.69, 9.17) is 0 Å².